The lowest BCUT2D eigenvalue weighted by molar-refractivity contribution is -0.156. The van der Waals surface area contributed by atoms with Crippen molar-refractivity contribution < 1.29 is 13.2 Å². The average Bonchev–Trinajstić information content (AvgIpc) is 3.16. The van der Waals surface area contributed by atoms with E-state index in [2.05, 4.69) is 15.4 Å². The first-order valence-electron chi connectivity index (χ1n) is 8.95. The van der Waals surface area contributed by atoms with Gasteiger partial charge in [-0.15, -0.1) is 0 Å². The predicted octanol–water partition coefficient (Wildman–Crippen LogP) is 1.00. The molecule has 4 bridgehead atoms. The summed E-state index contributed by atoms with van der Waals surface area (Å²) in [6.45, 7) is 0. The highest BCUT2D eigenvalue weighted by molar-refractivity contribution is 7.94. The van der Waals surface area contributed by atoms with Gasteiger partial charge in [0, 0.05) is 5.41 Å². The average molecular weight is 362 g/mol. The number of hydrogen-bond acceptors (Lipinski definition) is 5. The summed E-state index contributed by atoms with van der Waals surface area (Å²) in [5.74, 6) is 1.09. The minimum Gasteiger partial charge on any atom is -0.348 e. The van der Waals surface area contributed by atoms with E-state index in [0.717, 1.165) is 32.1 Å². The normalized spacial score (nSPS) is 43.4. The van der Waals surface area contributed by atoms with Crippen LogP contribution in [0.2, 0.25) is 0 Å². The Bertz CT molecular complexity index is 831. The summed E-state index contributed by atoms with van der Waals surface area (Å²) in [5, 5.41) is 8.62. The molecule has 4 saturated carbocycles. The maximum absolute atomic E-state index is 13.2. The molecule has 5 atom stereocenters. The van der Waals surface area contributed by atoms with E-state index in [9.17, 15) is 13.2 Å². The van der Waals surface area contributed by atoms with E-state index < -0.39 is 21.3 Å². The fraction of sp³-hybridized carbons (Fsp3) is 0.706. The van der Waals surface area contributed by atoms with Gasteiger partial charge in [0.2, 0.25) is 5.91 Å². The van der Waals surface area contributed by atoms with Gasteiger partial charge in [0.25, 0.3) is 0 Å². The molecule has 4 fully saturated rings. The molecule has 1 aromatic heterocycles. The van der Waals surface area contributed by atoms with Crippen molar-refractivity contribution in [3.8, 4) is 0 Å². The molecule has 4 aliphatic carbocycles. The van der Waals surface area contributed by atoms with Crippen molar-refractivity contribution in [3.63, 3.8) is 0 Å². The molecule has 5 aliphatic rings. The summed E-state index contributed by atoms with van der Waals surface area (Å²) in [6.07, 6.45) is 10.9. The van der Waals surface area contributed by atoms with Crippen molar-refractivity contribution >= 4 is 15.7 Å². The molecule has 1 aliphatic heterocycles. The first-order chi connectivity index (χ1) is 11.9. The second-order valence-corrected chi connectivity index (χ2v) is 10.5. The molecular weight excluding hydrogens is 340 g/mol. The Labute approximate surface area is 146 Å². The quantitative estimate of drug-likeness (QED) is 0.866. The molecule has 134 valence electrons. The van der Waals surface area contributed by atoms with Crippen LogP contribution in [0.3, 0.4) is 0 Å². The lowest BCUT2D eigenvalue weighted by Crippen LogP contribution is -2.61. The van der Waals surface area contributed by atoms with Crippen molar-refractivity contribution in [2.24, 2.45) is 17.3 Å². The van der Waals surface area contributed by atoms with Gasteiger partial charge in [-0.1, -0.05) is 0 Å². The Morgan fingerprint density at radius 3 is 2.56 bits per heavy atom. The van der Waals surface area contributed by atoms with E-state index in [0.29, 0.717) is 11.8 Å². The predicted molar refractivity (Wildman–Crippen MR) is 90.0 cm³/mol. The zero-order valence-electron chi connectivity index (χ0n) is 14.0. The lowest BCUT2D eigenvalue weighted by Gasteiger charge is -2.61. The van der Waals surface area contributed by atoms with Gasteiger partial charge in [-0.25, -0.2) is 18.1 Å². The number of aromatic nitrogens is 3. The molecule has 0 spiro atoms. The minimum absolute atomic E-state index is 0.0180. The Hall–Kier alpha value is -1.70. The third-order valence-electron chi connectivity index (χ3n) is 6.66. The smallest absolute Gasteiger partial charge is 0.226 e. The Kier molecular flexibility index (Phi) is 3.07. The minimum atomic E-state index is -3.16. The number of carbonyl (C=O) groups excluding carboxylic acids is 1. The van der Waals surface area contributed by atoms with Crippen LogP contribution in [-0.2, 0) is 20.2 Å². The highest BCUT2D eigenvalue weighted by atomic mass is 32.2. The number of hydrogen-bond donors (Lipinski definition) is 1. The van der Waals surface area contributed by atoms with Crippen LogP contribution >= 0.6 is 0 Å². The molecule has 2 heterocycles. The zero-order chi connectivity index (χ0) is 17.3. The Balaban J connectivity index is 1.43. The van der Waals surface area contributed by atoms with Gasteiger partial charge in [-0.05, 0) is 56.4 Å². The van der Waals surface area contributed by atoms with E-state index in [-0.39, 0.29) is 17.2 Å². The number of nitrogens with zero attached hydrogens (tertiary/aromatic N) is 3. The van der Waals surface area contributed by atoms with Crippen LogP contribution < -0.4 is 5.32 Å². The number of rotatable bonds is 3. The fourth-order valence-electron chi connectivity index (χ4n) is 6.19. The lowest BCUT2D eigenvalue weighted by atomic mass is 9.46. The molecular formula is C17H22N4O3S. The Morgan fingerprint density at radius 1 is 1.20 bits per heavy atom. The van der Waals surface area contributed by atoms with Gasteiger partial charge in [0.1, 0.15) is 12.7 Å². The van der Waals surface area contributed by atoms with Gasteiger partial charge in [0.05, 0.1) is 22.7 Å². The molecule has 1 aromatic rings. The van der Waals surface area contributed by atoms with Crippen LogP contribution in [0.4, 0.5) is 0 Å². The summed E-state index contributed by atoms with van der Waals surface area (Å²) in [4.78, 5) is 17.3. The first-order valence-corrected chi connectivity index (χ1v) is 10.7. The molecule has 8 heteroatoms. The van der Waals surface area contributed by atoms with Crippen molar-refractivity contribution in [2.45, 2.75) is 50.1 Å². The van der Waals surface area contributed by atoms with Gasteiger partial charge >= 0.3 is 0 Å². The van der Waals surface area contributed by atoms with E-state index in [1.54, 1.807) is 18.7 Å². The Morgan fingerprint density at radius 2 is 1.96 bits per heavy atom. The highest BCUT2D eigenvalue weighted by Gasteiger charge is 2.61. The van der Waals surface area contributed by atoms with Gasteiger partial charge in [-0.2, -0.15) is 5.10 Å². The first kappa shape index (κ1) is 15.5. The highest BCUT2D eigenvalue weighted by Crippen LogP contribution is 2.64. The van der Waals surface area contributed by atoms with E-state index in [1.165, 1.54) is 11.8 Å². The fourth-order valence-corrected chi connectivity index (χ4v) is 7.42. The molecule has 7 nitrogen and oxygen atoms in total. The zero-order valence-corrected chi connectivity index (χ0v) is 14.8. The summed E-state index contributed by atoms with van der Waals surface area (Å²) in [7, 11) is -3.16. The molecule has 0 radical (unpaired) electrons. The monoisotopic (exact) mass is 362 g/mol. The molecule has 0 saturated heterocycles. The van der Waals surface area contributed by atoms with Crippen LogP contribution in [0, 0.1) is 17.3 Å². The number of carbonyl (C=O) groups is 1. The van der Waals surface area contributed by atoms with Crippen LogP contribution in [0.25, 0.3) is 0 Å². The largest absolute Gasteiger partial charge is 0.348 e. The molecule has 25 heavy (non-hydrogen) atoms. The van der Waals surface area contributed by atoms with Crippen molar-refractivity contribution in [3.05, 3.63) is 24.1 Å². The van der Waals surface area contributed by atoms with E-state index in [1.807, 2.05) is 4.68 Å². The van der Waals surface area contributed by atoms with Gasteiger partial charge < -0.3 is 5.32 Å². The van der Waals surface area contributed by atoms with E-state index >= 15 is 0 Å². The molecule has 6 rings (SSSR count). The van der Waals surface area contributed by atoms with Gasteiger partial charge in [0.15, 0.2) is 9.84 Å². The summed E-state index contributed by atoms with van der Waals surface area (Å²) < 4.78 is 25.2. The molecule has 0 aromatic carbocycles. The number of amides is 1. The molecule has 1 N–H and O–H groups in total. The summed E-state index contributed by atoms with van der Waals surface area (Å²) in [6, 6.07) is -0.396. The van der Waals surface area contributed by atoms with E-state index in [4.69, 9.17) is 0 Å². The van der Waals surface area contributed by atoms with Crippen LogP contribution in [0.5, 0.6) is 0 Å². The standard InChI is InChI=1S/C17H22N4O3S/c22-15(20-14-1-2-25(23,24)8-14)16-4-12-3-13(5-16)7-17(6-12,9-16)21-11-18-10-19-21/h1-2,10-14H,3-9H2,(H,20,22)/t12-,13+,14-,16?,17?/m0/s1. The third-order valence-corrected chi connectivity index (χ3v) is 8.06. The number of nitrogens with one attached hydrogen (secondary N) is 1. The molecule has 1 amide bonds. The van der Waals surface area contributed by atoms with Crippen LogP contribution in [0.15, 0.2) is 24.1 Å². The van der Waals surface area contributed by atoms with Crippen LogP contribution in [0.1, 0.15) is 38.5 Å². The van der Waals surface area contributed by atoms with Crippen LogP contribution in [-0.4, -0.2) is 40.9 Å². The third kappa shape index (κ3) is 2.37. The maximum Gasteiger partial charge on any atom is 0.226 e. The number of sulfone groups is 1. The topological polar surface area (TPSA) is 94.0 Å². The van der Waals surface area contributed by atoms with Crippen molar-refractivity contribution in [1.29, 1.82) is 0 Å². The summed E-state index contributed by atoms with van der Waals surface area (Å²) >= 11 is 0. The van der Waals surface area contributed by atoms with Crippen molar-refractivity contribution in [2.75, 3.05) is 5.75 Å². The second-order valence-electron chi connectivity index (χ2n) is 8.54. The summed E-state index contributed by atoms with van der Waals surface area (Å²) in [5.41, 5.74) is -0.494. The van der Waals surface area contributed by atoms with Crippen molar-refractivity contribution in [1.82, 2.24) is 20.1 Å². The molecule has 2 unspecified atom stereocenters. The maximum atomic E-state index is 13.2. The SMILES string of the molecule is O=C(N[C@H]1C=CS(=O)(=O)C1)C12C[C@H]3C[C@@H](C1)CC(n1cncn1)(C3)C2. The second kappa shape index (κ2) is 4.93. The van der Waals surface area contributed by atoms with Gasteiger partial charge in [-0.3, -0.25) is 4.79 Å².